The molecule has 0 spiro atoms. The van der Waals surface area contributed by atoms with Gasteiger partial charge in [-0.15, -0.1) is 0 Å². The summed E-state index contributed by atoms with van der Waals surface area (Å²) in [6.45, 7) is 8.03. The summed E-state index contributed by atoms with van der Waals surface area (Å²) in [5, 5.41) is 13.6. The van der Waals surface area contributed by atoms with Crippen LogP contribution < -0.4 is 5.32 Å². The van der Waals surface area contributed by atoms with Crippen LogP contribution in [0.5, 0.6) is 0 Å². The van der Waals surface area contributed by atoms with Crippen LogP contribution in [0.2, 0.25) is 0 Å². The van der Waals surface area contributed by atoms with Gasteiger partial charge < -0.3 is 10.4 Å². The van der Waals surface area contributed by atoms with Gasteiger partial charge in [0.15, 0.2) is 0 Å². The molecule has 2 fully saturated rings. The molecule has 1 aliphatic heterocycles. The lowest BCUT2D eigenvalue weighted by Crippen LogP contribution is -2.53. The van der Waals surface area contributed by atoms with Crippen LogP contribution in [0.3, 0.4) is 0 Å². The molecule has 0 bridgehead atoms. The number of nitrogens with zero attached hydrogens (tertiary/aromatic N) is 1. The van der Waals surface area contributed by atoms with E-state index in [9.17, 15) is 5.11 Å². The maximum absolute atomic E-state index is 9.98. The predicted octanol–water partition coefficient (Wildman–Crippen LogP) is 1.61. The van der Waals surface area contributed by atoms with Crippen molar-refractivity contribution < 1.29 is 5.11 Å². The minimum atomic E-state index is -0.0673. The van der Waals surface area contributed by atoms with E-state index in [2.05, 4.69) is 24.1 Å². The summed E-state index contributed by atoms with van der Waals surface area (Å²) in [7, 11) is 0. The topological polar surface area (TPSA) is 35.5 Å². The van der Waals surface area contributed by atoms with Gasteiger partial charge in [-0.05, 0) is 44.6 Å². The molecule has 4 unspecified atom stereocenters. The zero-order chi connectivity index (χ0) is 12.3. The highest BCUT2D eigenvalue weighted by Gasteiger charge is 2.35. The SMILES string of the molecule is CCCNC1CCN(C2CCCC2O)CC1C. The Morgan fingerprint density at radius 2 is 2.12 bits per heavy atom. The molecule has 1 saturated heterocycles. The number of rotatable bonds is 4. The molecule has 0 radical (unpaired) electrons. The van der Waals surface area contributed by atoms with Crippen LogP contribution in [-0.4, -0.2) is 47.8 Å². The van der Waals surface area contributed by atoms with Crippen molar-refractivity contribution in [1.82, 2.24) is 10.2 Å². The molecule has 3 heteroatoms. The number of hydrogen-bond acceptors (Lipinski definition) is 3. The van der Waals surface area contributed by atoms with Crippen molar-refractivity contribution in [2.45, 2.75) is 64.1 Å². The van der Waals surface area contributed by atoms with Crippen LogP contribution >= 0.6 is 0 Å². The summed E-state index contributed by atoms with van der Waals surface area (Å²) in [5.41, 5.74) is 0. The second kappa shape index (κ2) is 6.17. The molecule has 3 nitrogen and oxygen atoms in total. The Labute approximate surface area is 106 Å². The number of piperidine rings is 1. The summed E-state index contributed by atoms with van der Waals surface area (Å²) in [5.74, 6) is 0.711. The average Bonchev–Trinajstić information content (AvgIpc) is 2.74. The Morgan fingerprint density at radius 3 is 2.71 bits per heavy atom. The summed E-state index contributed by atoms with van der Waals surface area (Å²) < 4.78 is 0. The van der Waals surface area contributed by atoms with Gasteiger partial charge in [0, 0.05) is 25.2 Å². The molecular weight excluding hydrogens is 212 g/mol. The molecule has 2 rings (SSSR count). The highest BCUT2D eigenvalue weighted by Crippen LogP contribution is 2.28. The smallest absolute Gasteiger partial charge is 0.0695 e. The molecule has 17 heavy (non-hydrogen) atoms. The van der Waals surface area contributed by atoms with Crippen molar-refractivity contribution >= 4 is 0 Å². The third kappa shape index (κ3) is 3.21. The summed E-state index contributed by atoms with van der Waals surface area (Å²) in [4.78, 5) is 2.53. The lowest BCUT2D eigenvalue weighted by Gasteiger charge is -2.41. The number of hydrogen-bond donors (Lipinski definition) is 2. The van der Waals surface area contributed by atoms with E-state index in [1.54, 1.807) is 0 Å². The molecule has 1 heterocycles. The molecule has 0 aromatic rings. The number of aliphatic hydroxyl groups excluding tert-OH is 1. The van der Waals surface area contributed by atoms with Crippen LogP contribution in [0.15, 0.2) is 0 Å². The standard InChI is InChI=1S/C14H28N2O/c1-3-8-15-12-7-9-16(10-11(12)2)13-5-4-6-14(13)17/h11-15,17H,3-10H2,1-2H3. The third-order valence-electron chi connectivity index (χ3n) is 4.51. The van der Waals surface area contributed by atoms with Crippen LogP contribution in [0.4, 0.5) is 0 Å². The molecule has 0 aromatic carbocycles. The van der Waals surface area contributed by atoms with Gasteiger partial charge >= 0.3 is 0 Å². The molecule has 2 N–H and O–H groups in total. The first-order valence-corrected chi connectivity index (χ1v) is 7.38. The van der Waals surface area contributed by atoms with E-state index >= 15 is 0 Å². The molecular formula is C14H28N2O. The quantitative estimate of drug-likeness (QED) is 0.783. The molecule has 4 atom stereocenters. The Balaban J connectivity index is 1.82. The van der Waals surface area contributed by atoms with E-state index in [0.717, 1.165) is 26.1 Å². The molecule has 100 valence electrons. The molecule has 1 aliphatic carbocycles. The van der Waals surface area contributed by atoms with Crippen molar-refractivity contribution in [3.63, 3.8) is 0 Å². The molecule has 1 saturated carbocycles. The Kier molecular flexibility index (Phi) is 4.83. The van der Waals surface area contributed by atoms with Crippen molar-refractivity contribution in [3.8, 4) is 0 Å². The molecule has 0 amide bonds. The van der Waals surface area contributed by atoms with Gasteiger partial charge in [-0.2, -0.15) is 0 Å². The minimum absolute atomic E-state index is 0.0673. The summed E-state index contributed by atoms with van der Waals surface area (Å²) >= 11 is 0. The van der Waals surface area contributed by atoms with Crippen molar-refractivity contribution in [2.24, 2.45) is 5.92 Å². The van der Waals surface area contributed by atoms with Crippen molar-refractivity contribution in [1.29, 1.82) is 0 Å². The van der Waals surface area contributed by atoms with Gasteiger partial charge in [0.25, 0.3) is 0 Å². The van der Waals surface area contributed by atoms with E-state index in [-0.39, 0.29) is 6.10 Å². The van der Waals surface area contributed by atoms with Crippen LogP contribution in [0.1, 0.15) is 46.0 Å². The largest absolute Gasteiger partial charge is 0.391 e. The zero-order valence-electron chi connectivity index (χ0n) is 11.4. The first-order valence-electron chi connectivity index (χ1n) is 7.38. The maximum atomic E-state index is 9.98. The minimum Gasteiger partial charge on any atom is -0.391 e. The molecule has 0 aromatic heterocycles. The lowest BCUT2D eigenvalue weighted by atomic mass is 9.92. The van der Waals surface area contributed by atoms with Crippen molar-refractivity contribution in [2.75, 3.05) is 19.6 Å². The Hall–Kier alpha value is -0.120. The van der Waals surface area contributed by atoms with Gasteiger partial charge in [-0.1, -0.05) is 13.8 Å². The van der Waals surface area contributed by atoms with E-state index in [4.69, 9.17) is 0 Å². The van der Waals surface area contributed by atoms with Gasteiger partial charge in [0.1, 0.15) is 0 Å². The monoisotopic (exact) mass is 240 g/mol. The van der Waals surface area contributed by atoms with Crippen LogP contribution in [-0.2, 0) is 0 Å². The van der Waals surface area contributed by atoms with Crippen molar-refractivity contribution in [3.05, 3.63) is 0 Å². The summed E-state index contributed by atoms with van der Waals surface area (Å²) in [6, 6.07) is 1.13. The fraction of sp³-hybridized carbons (Fsp3) is 1.00. The Bertz CT molecular complexity index is 234. The number of nitrogens with one attached hydrogen (secondary N) is 1. The number of likely N-dealkylation sites (tertiary alicyclic amines) is 1. The Morgan fingerprint density at radius 1 is 1.29 bits per heavy atom. The van der Waals surface area contributed by atoms with Gasteiger partial charge in [-0.25, -0.2) is 0 Å². The van der Waals surface area contributed by atoms with E-state index in [1.807, 2.05) is 0 Å². The van der Waals surface area contributed by atoms with Gasteiger partial charge in [0.2, 0.25) is 0 Å². The predicted molar refractivity (Wildman–Crippen MR) is 71.1 cm³/mol. The first-order chi connectivity index (χ1) is 8.22. The average molecular weight is 240 g/mol. The fourth-order valence-corrected chi connectivity index (χ4v) is 3.46. The van der Waals surface area contributed by atoms with Gasteiger partial charge in [0.05, 0.1) is 6.10 Å². The normalized spacial score (nSPS) is 39.7. The second-order valence-corrected chi connectivity index (χ2v) is 5.89. The van der Waals surface area contributed by atoms with E-state index in [1.165, 1.54) is 25.7 Å². The number of aliphatic hydroxyl groups is 1. The fourth-order valence-electron chi connectivity index (χ4n) is 3.46. The van der Waals surface area contributed by atoms with Gasteiger partial charge in [-0.3, -0.25) is 4.90 Å². The first kappa shape index (κ1) is 13.3. The van der Waals surface area contributed by atoms with Crippen LogP contribution in [0.25, 0.3) is 0 Å². The van der Waals surface area contributed by atoms with E-state index in [0.29, 0.717) is 18.0 Å². The second-order valence-electron chi connectivity index (χ2n) is 5.89. The maximum Gasteiger partial charge on any atom is 0.0695 e. The highest BCUT2D eigenvalue weighted by molar-refractivity contribution is 4.91. The zero-order valence-corrected chi connectivity index (χ0v) is 11.4. The highest BCUT2D eigenvalue weighted by atomic mass is 16.3. The molecule has 2 aliphatic rings. The lowest BCUT2D eigenvalue weighted by molar-refractivity contribution is 0.0361. The van der Waals surface area contributed by atoms with Crippen LogP contribution in [0, 0.1) is 5.92 Å². The third-order valence-corrected chi connectivity index (χ3v) is 4.51. The summed E-state index contributed by atoms with van der Waals surface area (Å²) in [6.07, 6.45) is 5.79. The van der Waals surface area contributed by atoms with E-state index < -0.39 is 0 Å².